The van der Waals surface area contributed by atoms with E-state index in [1.54, 1.807) is 66.7 Å². The molecule has 0 aliphatic rings. The number of sulfone groups is 1. The smallest absolute Gasteiger partial charge is 0.324 e. The minimum absolute atomic E-state index is 0.0375. The molecule has 9 heteroatoms. The summed E-state index contributed by atoms with van der Waals surface area (Å²) in [5.41, 5.74) is 2.45. The van der Waals surface area contributed by atoms with E-state index in [-0.39, 0.29) is 21.2 Å². The van der Waals surface area contributed by atoms with Crippen LogP contribution in [0.5, 0.6) is 0 Å². The van der Waals surface area contributed by atoms with Gasteiger partial charge in [0, 0.05) is 5.39 Å². The summed E-state index contributed by atoms with van der Waals surface area (Å²) < 4.78 is 54.1. The molecule has 0 aliphatic heterocycles. The van der Waals surface area contributed by atoms with Gasteiger partial charge in [-0.2, -0.15) is 0 Å². The first kappa shape index (κ1) is 25.4. The van der Waals surface area contributed by atoms with Gasteiger partial charge in [-0.05, 0) is 55.1 Å². The number of anilines is 1. The molecule has 0 fully saturated rings. The van der Waals surface area contributed by atoms with Crippen molar-refractivity contribution in [2.45, 2.75) is 29.4 Å². The normalized spacial score (nSPS) is 11.9. The van der Waals surface area contributed by atoms with Crippen LogP contribution in [0.15, 0.2) is 94.7 Å². The molecule has 186 valence electrons. The Labute approximate surface area is 210 Å². The van der Waals surface area contributed by atoms with Gasteiger partial charge < -0.3 is 5.11 Å². The Hall–Kier alpha value is -3.69. The van der Waals surface area contributed by atoms with E-state index in [0.29, 0.717) is 16.3 Å². The number of hydrogen-bond acceptors (Lipinski definition) is 5. The van der Waals surface area contributed by atoms with E-state index in [0.717, 1.165) is 15.4 Å². The van der Waals surface area contributed by atoms with Crippen LogP contribution in [-0.4, -0.2) is 34.5 Å². The molecule has 4 rings (SSSR count). The van der Waals surface area contributed by atoms with Crippen molar-refractivity contribution in [3.05, 3.63) is 102 Å². The fourth-order valence-electron chi connectivity index (χ4n) is 3.98. The molecule has 4 aromatic carbocycles. The number of rotatable bonds is 8. The van der Waals surface area contributed by atoms with Crippen molar-refractivity contribution >= 4 is 42.3 Å². The first-order valence-corrected chi connectivity index (χ1v) is 14.2. The van der Waals surface area contributed by atoms with Gasteiger partial charge in [0.1, 0.15) is 6.54 Å². The largest absolute Gasteiger partial charge is 0.480 e. The molecule has 0 radical (unpaired) electrons. The summed E-state index contributed by atoms with van der Waals surface area (Å²) in [6.45, 7) is 2.90. The summed E-state index contributed by atoms with van der Waals surface area (Å²) >= 11 is 0. The molecule has 0 bridgehead atoms. The van der Waals surface area contributed by atoms with Gasteiger partial charge in [-0.15, -0.1) is 0 Å². The minimum atomic E-state index is -4.22. The van der Waals surface area contributed by atoms with Crippen molar-refractivity contribution in [3.63, 3.8) is 0 Å². The zero-order chi connectivity index (χ0) is 26.1. The highest BCUT2D eigenvalue weighted by atomic mass is 32.2. The highest BCUT2D eigenvalue weighted by molar-refractivity contribution is 7.93. The van der Waals surface area contributed by atoms with Crippen LogP contribution in [0, 0.1) is 13.8 Å². The maximum Gasteiger partial charge on any atom is 0.324 e. The maximum absolute atomic E-state index is 13.5. The molecular weight excluding hydrogens is 498 g/mol. The Morgan fingerprint density at radius 2 is 1.25 bits per heavy atom. The summed E-state index contributed by atoms with van der Waals surface area (Å²) in [4.78, 5) is 11.9. The summed E-state index contributed by atoms with van der Waals surface area (Å²) in [6.07, 6.45) is 0. The minimum Gasteiger partial charge on any atom is -0.480 e. The summed E-state index contributed by atoms with van der Waals surface area (Å²) in [5.74, 6) is -1.61. The lowest BCUT2D eigenvalue weighted by atomic mass is 10.0. The molecule has 0 saturated carbocycles. The Morgan fingerprint density at radius 1 is 0.722 bits per heavy atom. The standard InChI is InChI=1S/C27H25NO6S2/c1-19-7-12-22(13-8-19)35(31,32)18-21-11-16-26(25-6-4-3-5-24(21)25)28(17-27(29)30)36(33,34)23-14-9-20(2)10-15-23/h3-16H,17-18H2,1-2H3,(H,29,30). The Kier molecular flexibility index (Phi) is 6.88. The van der Waals surface area contributed by atoms with Gasteiger partial charge in [0.2, 0.25) is 0 Å². The van der Waals surface area contributed by atoms with E-state index >= 15 is 0 Å². The first-order chi connectivity index (χ1) is 17.0. The molecule has 0 aromatic heterocycles. The van der Waals surface area contributed by atoms with Crippen molar-refractivity contribution in [2.75, 3.05) is 10.8 Å². The third-order valence-electron chi connectivity index (χ3n) is 5.87. The molecule has 0 amide bonds. The number of aryl methyl sites for hydroxylation is 2. The second-order valence-corrected chi connectivity index (χ2v) is 12.4. The molecular formula is C27H25NO6S2. The van der Waals surface area contributed by atoms with E-state index in [1.165, 1.54) is 18.2 Å². The van der Waals surface area contributed by atoms with Crippen LogP contribution in [0.2, 0.25) is 0 Å². The van der Waals surface area contributed by atoms with Crippen molar-refractivity contribution in [1.82, 2.24) is 0 Å². The zero-order valence-corrected chi connectivity index (χ0v) is 21.4. The molecule has 0 aliphatic carbocycles. The maximum atomic E-state index is 13.5. The van der Waals surface area contributed by atoms with E-state index < -0.39 is 32.4 Å². The predicted octanol–water partition coefficient (Wildman–Crippen LogP) is 4.71. The van der Waals surface area contributed by atoms with E-state index in [2.05, 4.69) is 0 Å². The number of carboxylic acid groups (broad SMARTS) is 1. The molecule has 0 spiro atoms. The van der Waals surface area contributed by atoms with Crippen LogP contribution in [-0.2, 0) is 30.4 Å². The lowest BCUT2D eigenvalue weighted by Crippen LogP contribution is -2.36. The fraction of sp³-hybridized carbons (Fsp3) is 0.148. The lowest BCUT2D eigenvalue weighted by Gasteiger charge is -2.25. The van der Waals surface area contributed by atoms with E-state index in [9.17, 15) is 26.7 Å². The first-order valence-electron chi connectivity index (χ1n) is 11.1. The van der Waals surface area contributed by atoms with Crippen LogP contribution in [0.25, 0.3) is 10.8 Å². The summed E-state index contributed by atoms with van der Waals surface area (Å²) in [7, 11) is -7.89. The van der Waals surface area contributed by atoms with Crippen LogP contribution in [0.4, 0.5) is 5.69 Å². The van der Waals surface area contributed by atoms with Crippen LogP contribution in [0.1, 0.15) is 16.7 Å². The average Bonchev–Trinajstić information content (AvgIpc) is 2.83. The van der Waals surface area contributed by atoms with Crippen molar-refractivity contribution in [1.29, 1.82) is 0 Å². The van der Waals surface area contributed by atoms with Gasteiger partial charge in [-0.3, -0.25) is 9.10 Å². The quantitative estimate of drug-likeness (QED) is 0.358. The lowest BCUT2D eigenvalue weighted by molar-refractivity contribution is -0.135. The van der Waals surface area contributed by atoms with Gasteiger partial charge in [0.25, 0.3) is 10.0 Å². The number of benzene rings is 4. The summed E-state index contributed by atoms with van der Waals surface area (Å²) in [5, 5.41) is 10.5. The van der Waals surface area contributed by atoms with Gasteiger partial charge in [-0.25, -0.2) is 16.8 Å². The van der Waals surface area contributed by atoms with Gasteiger partial charge in [0.15, 0.2) is 9.84 Å². The third kappa shape index (κ3) is 5.12. The van der Waals surface area contributed by atoms with E-state index in [1.807, 2.05) is 13.8 Å². The Balaban J connectivity index is 1.84. The molecule has 1 N–H and O–H groups in total. The SMILES string of the molecule is Cc1ccc(S(=O)(=O)Cc2ccc(N(CC(=O)O)S(=O)(=O)c3ccc(C)cc3)c3ccccc23)cc1. The molecule has 7 nitrogen and oxygen atoms in total. The van der Waals surface area contributed by atoms with Crippen LogP contribution in [0.3, 0.4) is 0 Å². The molecule has 36 heavy (non-hydrogen) atoms. The van der Waals surface area contributed by atoms with Crippen LogP contribution < -0.4 is 4.31 Å². The predicted molar refractivity (Wildman–Crippen MR) is 139 cm³/mol. The Bertz CT molecular complexity index is 1640. The molecule has 0 atom stereocenters. The topological polar surface area (TPSA) is 109 Å². The van der Waals surface area contributed by atoms with Gasteiger partial charge >= 0.3 is 5.97 Å². The number of fused-ring (bicyclic) bond motifs is 1. The van der Waals surface area contributed by atoms with Gasteiger partial charge in [0.05, 0.1) is 21.2 Å². The highest BCUT2D eigenvalue weighted by Gasteiger charge is 2.29. The van der Waals surface area contributed by atoms with Gasteiger partial charge in [-0.1, -0.05) is 65.7 Å². The zero-order valence-electron chi connectivity index (χ0n) is 19.7. The number of nitrogens with zero attached hydrogens (tertiary/aromatic N) is 1. The van der Waals surface area contributed by atoms with Crippen LogP contribution >= 0.6 is 0 Å². The molecule has 0 heterocycles. The van der Waals surface area contributed by atoms with E-state index in [4.69, 9.17) is 0 Å². The highest BCUT2D eigenvalue weighted by Crippen LogP contribution is 2.34. The number of carbonyl (C=O) groups is 1. The second kappa shape index (κ2) is 9.75. The molecule has 4 aromatic rings. The molecule has 0 unspecified atom stereocenters. The number of hydrogen-bond donors (Lipinski definition) is 1. The fourth-order valence-corrected chi connectivity index (χ4v) is 6.79. The third-order valence-corrected chi connectivity index (χ3v) is 9.33. The molecule has 0 saturated heterocycles. The number of carboxylic acids is 1. The monoisotopic (exact) mass is 523 g/mol. The van der Waals surface area contributed by atoms with Crippen molar-refractivity contribution in [2.24, 2.45) is 0 Å². The number of sulfonamides is 1. The second-order valence-electron chi connectivity index (χ2n) is 8.58. The van der Waals surface area contributed by atoms with Crippen molar-refractivity contribution < 1.29 is 26.7 Å². The summed E-state index contributed by atoms with van der Waals surface area (Å²) in [6, 6.07) is 22.5. The number of aliphatic carboxylic acids is 1. The Morgan fingerprint density at radius 3 is 1.81 bits per heavy atom. The average molecular weight is 524 g/mol. The van der Waals surface area contributed by atoms with Crippen molar-refractivity contribution in [3.8, 4) is 0 Å².